The van der Waals surface area contributed by atoms with Crippen molar-refractivity contribution >= 4 is 23.5 Å². The maximum atomic E-state index is 12.5. The number of hydrogen-bond donors (Lipinski definition) is 1. The zero-order valence-electron chi connectivity index (χ0n) is 13.8. The fourth-order valence-corrected chi connectivity index (χ4v) is 3.01. The third kappa shape index (κ3) is 4.03. The number of hydrogen-bond acceptors (Lipinski definition) is 4. The van der Waals surface area contributed by atoms with Crippen LogP contribution in [0.2, 0.25) is 5.02 Å². The Bertz CT molecular complexity index is 729. The van der Waals surface area contributed by atoms with Crippen LogP contribution in [0, 0.1) is 6.92 Å². The summed E-state index contributed by atoms with van der Waals surface area (Å²) in [6, 6.07) is 9.19. The van der Waals surface area contributed by atoms with E-state index in [0.717, 1.165) is 37.2 Å². The van der Waals surface area contributed by atoms with E-state index >= 15 is 0 Å². The number of aromatic nitrogens is 2. The summed E-state index contributed by atoms with van der Waals surface area (Å²) in [6.07, 6.45) is 3.53. The summed E-state index contributed by atoms with van der Waals surface area (Å²) >= 11 is 6.12. The molecule has 2 heterocycles. The molecule has 1 aliphatic rings. The molecular formula is C18H21ClN4O. The number of nitrogens with zero attached hydrogens (tertiary/aromatic N) is 3. The highest BCUT2D eigenvalue weighted by molar-refractivity contribution is 6.31. The second-order valence-electron chi connectivity index (χ2n) is 6.02. The van der Waals surface area contributed by atoms with Crippen molar-refractivity contribution in [2.45, 2.75) is 32.7 Å². The lowest BCUT2D eigenvalue weighted by molar-refractivity contribution is 0.0945. The van der Waals surface area contributed by atoms with Gasteiger partial charge in [-0.3, -0.25) is 4.79 Å². The molecule has 2 aromatic rings. The first-order valence-corrected chi connectivity index (χ1v) is 8.63. The molecule has 126 valence electrons. The molecule has 1 saturated heterocycles. The first-order chi connectivity index (χ1) is 11.6. The number of anilines is 1. The average molecular weight is 345 g/mol. The van der Waals surface area contributed by atoms with E-state index in [1.54, 1.807) is 6.07 Å². The number of rotatable bonds is 4. The van der Waals surface area contributed by atoms with Crippen LogP contribution in [0.4, 0.5) is 5.95 Å². The lowest BCUT2D eigenvalue weighted by Gasteiger charge is -2.27. The molecule has 0 spiro atoms. The van der Waals surface area contributed by atoms with Gasteiger partial charge in [0.05, 0.1) is 0 Å². The molecule has 1 fully saturated rings. The highest BCUT2D eigenvalue weighted by atomic mass is 35.5. The number of piperidine rings is 1. The zero-order chi connectivity index (χ0) is 16.9. The van der Waals surface area contributed by atoms with Crippen LogP contribution in [0.15, 0.2) is 30.3 Å². The molecular weight excluding hydrogens is 324 g/mol. The smallest absolute Gasteiger partial charge is 0.270 e. The molecule has 0 aliphatic carbocycles. The van der Waals surface area contributed by atoms with Gasteiger partial charge in [0.15, 0.2) is 0 Å². The minimum Gasteiger partial charge on any atom is -0.347 e. The second-order valence-corrected chi connectivity index (χ2v) is 6.42. The minimum atomic E-state index is -0.210. The molecule has 0 radical (unpaired) electrons. The number of nitrogens with one attached hydrogen (secondary N) is 1. The van der Waals surface area contributed by atoms with E-state index in [4.69, 9.17) is 11.6 Å². The van der Waals surface area contributed by atoms with Gasteiger partial charge in [-0.15, -0.1) is 0 Å². The Morgan fingerprint density at radius 2 is 1.96 bits per heavy atom. The van der Waals surface area contributed by atoms with Gasteiger partial charge in [-0.2, -0.15) is 0 Å². The topological polar surface area (TPSA) is 58.1 Å². The van der Waals surface area contributed by atoms with Crippen molar-refractivity contribution in [3.05, 3.63) is 52.3 Å². The van der Waals surface area contributed by atoms with Gasteiger partial charge in [-0.1, -0.05) is 29.8 Å². The molecule has 1 N–H and O–H groups in total. The van der Waals surface area contributed by atoms with E-state index in [2.05, 4.69) is 20.2 Å². The lowest BCUT2D eigenvalue weighted by atomic mass is 10.1. The largest absolute Gasteiger partial charge is 0.347 e. The molecule has 0 atom stereocenters. The number of aryl methyl sites for hydroxylation is 1. The highest BCUT2D eigenvalue weighted by Gasteiger charge is 2.17. The summed E-state index contributed by atoms with van der Waals surface area (Å²) in [7, 11) is 0. The van der Waals surface area contributed by atoms with Crippen molar-refractivity contribution in [1.82, 2.24) is 15.3 Å². The van der Waals surface area contributed by atoms with Gasteiger partial charge in [0, 0.05) is 30.4 Å². The van der Waals surface area contributed by atoms with Gasteiger partial charge in [0.2, 0.25) is 5.95 Å². The van der Waals surface area contributed by atoms with Gasteiger partial charge < -0.3 is 10.2 Å². The van der Waals surface area contributed by atoms with Crippen LogP contribution in [0.25, 0.3) is 0 Å². The summed E-state index contributed by atoms with van der Waals surface area (Å²) in [6.45, 7) is 4.16. The van der Waals surface area contributed by atoms with Crippen LogP contribution in [0.1, 0.15) is 41.0 Å². The van der Waals surface area contributed by atoms with E-state index < -0.39 is 0 Å². The summed E-state index contributed by atoms with van der Waals surface area (Å²) < 4.78 is 0. The summed E-state index contributed by atoms with van der Waals surface area (Å²) in [4.78, 5) is 23.6. The van der Waals surface area contributed by atoms with Gasteiger partial charge in [-0.05, 0) is 43.9 Å². The zero-order valence-corrected chi connectivity index (χ0v) is 14.5. The van der Waals surface area contributed by atoms with E-state index in [9.17, 15) is 4.79 Å². The van der Waals surface area contributed by atoms with E-state index in [0.29, 0.717) is 23.2 Å². The van der Waals surface area contributed by atoms with Crippen LogP contribution in [0.5, 0.6) is 0 Å². The van der Waals surface area contributed by atoms with Gasteiger partial charge in [0.25, 0.3) is 5.91 Å². The normalized spacial score (nSPS) is 14.5. The Balaban J connectivity index is 1.72. The highest BCUT2D eigenvalue weighted by Crippen LogP contribution is 2.17. The minimum absolute atomic E-state index is 0.210. The Kier molecular flexibility index (Phi) is 5.30. The molecule has 1 amide bonds. The maximum absolute atomic E-state index is 12.5. The van der Waals surface area contributed by atoms with E-state index in [-0.39, 0.29) is 5.91 Å². The Labute approximate surface area is 147 Å². The maximum Gasteiger partial charge on any atom is 0.270 e. The number of carbonyl (C=O) groups is 1. The van der Waals surface area contributed by atoms with E-state index in [1.165, 1.54) is 6.42 Å². The SMILES string of the molecule is Cc1cc(C(=O)NCc2ccccc2Cl)nc(N2CCCCC2)n1. The molecule has 0 unspecified atom stereocenters. The van der Waals surface area contributed by atoms with Crippen LogP contribution in [-0.4, -0.2) is 29.0 Å². The molecule has 1 aromatic heterocycles. The van der Waals surface area contributed by atoms with E-state index in [1.807, 2.05) is 31.2 Å². The number of benzene rings is 1. The number of halogens is 1. The second kappa shape index (κ2) is 7.62. The molecule has 3 rings (SSSR count). The molecule has 1 aromatic carbocycles. The first kappa shape index (κ1) is 16.7. The molecule has 1 aliphatic heterocycles. The average Bonchev–Trinajstić information content (AvgIpc) is 2.61. The number of carbonyl (C=O) groups excluding carboxylic acids is 1. The van der Waals surface area contributed by atoms with Crippen LogP contribution in [0.3, 0.4) is 0 Å². The van der Waals surface area contributed by atoms with Crippen LogP contribution < -0.4 is 10.2 Å². The third-order valence-corrected chi connectivity index (χ3v) is 4.48. The van der Waals surface area contributed by atoms with Crippen molar-refractivity contribution in [3.63, 3.8) is 0 Å². The Morgan fingerprint density at radius 3 is 2.71 bits per heavy atom. The van der Waals surface area contributed by atoms with Gasteiger partial charge in [-0.25, -0.2) is 9.97 Å². The quantitative estimate of drug-likeness (QED) is 0.924. The molecule has 24 heavy (non-hydrogen) atoms. The van der Waals surface area contributed by atoms with Gasteiger partial charge >= 0.3 is 0 Å². The Hall–Kier alpha value is -2.14. The third-order valence-electron chi connectivity index (χ3n) is 4.11. The summed E-state index contributed by atoms with van der Waals surface area (Å²) in [5, 5.41) is 3.53. The van der Waals surface area contributed by atoms with Crippen molar-refractivity contribution in [2.24, 2.45) is 0 Å². The summed E-state index contributed by atoms with van der Waals surface area (Å²) in [5.74, 6) is 0.441. The van der Waals surface area contributed by atoms with Crippen LogP contribution >= 0.6 is 11.6 Å². The van der Waals surface area contributed by atoms with Crippen LogP contribution in [-0.2, 0) is 6.54 Å². The molecule has 0 bridgehead atoms. The van der Waals surface area contributed by atoms with Crippen molar-refractivity contribution in [1.29, 1.82) is 0 Å². The first-order valence-electron chi connectivity index (χ1n) is 8.26. The number of amides is 1. The molecule has 5 nitrogen and oxygen atoms in total. The predicted molar refractivity (Wildman–Crippen MR) is 95.5 cm³/mol. The van der Waals surface area contributed by atoms with Crippen molar-refractivity contribution in [2.75, 3.05) is 18.0 Å². The fourth-order valence-electron chi connectivity index (χ4n) is 2.81. The molecule has 6 heteroatoms. The van der Waals surface area contributed by atoms with Gasteiger partial charge in [0.1, 0.15) is 5.69 Å². The summed E-state index contributed by atoms with van der Waals surface area (Å²) in [5.41, 5.74) is 2.08. The van der Waals surface area contributed by atoms with Crippen molar-refractivity contribution in [3.8, 4) is 0 Å². The predicted octanol–water partition coefficient (Wildman–Crippen LogP) is 3.36. The molecule has 0 saturated carbocycles. The monoisotopic (exact) mass is 344 g/mol. The van der Waals surface area contributed by atoms with Crippen molar-refractivity contribution < 1.29 is 4.79 Å². The standard InChI is InChI=1S/C18H21ClN4O/c1-13-11-16(22-18(21-13)23-9-5-2-6-10-23)17(24)20-12-14-7-3-4-8-15(14)19/h3-4,7-8,11H,2,5-6,9-10,12H2,1H3,(H,20,24). The fraction of sp³-hybridized carbons (Fsp3) is 0.389. The lowest BCUT2D eigenvalue weighted by Crippen LogP contribution is -2.32. The Morgan fingerprint density at radius 1 is 1.21 bits per heavy atom.